The van der Waals surface area contributed by atoms with Crippen LogP contribution in [0.25, 0.3) is 0 Å². The van der Waals surface area contributed by atoms with Crippen molar-refractivity contribution in [2.75, 3.05) is 0 Å². The molecular formula is C22H30O5. The van der Waals surface area contributed by atoms with Gasteiger partial charge in [0.15, 0.2) is 5.79 Å². The highest BCUT2D eigenvalue weighted by atomic mass is 16.7. The minimum Gasteiger partial charge on any atom is -0.459 e. The van der Waals surface area contributed by atoms with Gasteiger partial charge in [-0.15, -0.1) is 6.58 Å². The van der Waals surface area contributed by atoms with Gasteiger partial charge in [-0.3, -0.25) is 4.79 Å². The SMILES string of the molecule is C=CCC1OC(=O)C(C)(C2CC(CCc3ccccc3)OC(C)(C)O2)C1O. The summed E-state index contributed by atoms with van der Waals surface area (Å²) in [7, 11) is 0. The maximum atomic E-state index is 12.7. The Hall–Kier alpha value is -1.69. The first-order chi connectivity index (χ1) is 12.8. The number of benzene rings is 1. The van der Waals surface area contributed by atoms with Crippen LogP contribution in [0.3, 0.4) is 0 Å². The molecule has 5 nitrogen and oxygen atoms in total. The minimum absolute atomic E-state index is 0.0609. The van der Waals surface area contributed by atoms with Gasteiger partial charge in [-0.25, -0.2) is 0 Å². The molecule has 2 heterocycles. The number of ether oxygens (including phenoxy) is 3. The number of carbonyl (C=O) groups excluding carboxylic acids is 1. The zero-order chi connectivity index (χ0) is 19.7. The van der Waals surface area contributed by atoms with Crippen molar-refractivity contribution in [3.63, 3.8) is 0 Å². The molecule has 2 aliphatic rings. The Balaban J connectivity index is 1.74. The van der Waals surface area contributed by atoms with E-state index in [1.807, 2.05) is 32.0 Å². The molecule has 0 bridgehead atoms. The summed E-state index contributed by atoms with van der Waals surface area (Å²) in [6.07, 6.45) is 2.29. The number of hydrogen-bond donors (Lipinski definition) is 1. The number of esters is 1. The molecular weight excluding hydrogens is 344 g/mol. The molecule has 2 aliphatic heterocycles. The lowest BCUT2D eigenvalue weighted by Gasteiger charge is -2.46. The third kappa shape index (κ3) is 4.10. The molecule has 0 aromatic heterocycles. The highest BCUT2D eigenvalue weighted by molar-refractivity contribution is 5.80. The first-order valence-corrected chi connectivity index (χ1v) is 9.66. The van der Waals surface area contributed by atoms with E-state index in [9.17, 15) is 9.90 Å². The van der Waals surface area contributed by atoms with E-state index in [1.54, 1.807) is 13.0 Å². The van der Waals surface area contributed by atoms with Crippen LogP contribution in [0.1, 0.15) is 45.6 Å². The number of cyclic esters (lactones) is 1. The van der Waals surface area contributed by atoms with Crippen molar-refractivity contribution in [3.8, 4) is 0 Å². The van der Waals surface area contributed by atoms with Crippen LogP contribution in [0.2, 0.25) is 0 Å². The molecule has 2 fully saturated rings. The molecule has 27 heavy (non-hydrogen) atoms. The standard InChI is InChI=1S/C22H30O5/c1-5-9-17-19(23)22(4,20(24)25-17)18-14-16(26-21(2,3)27-18)13-12-15-10-7-6-8-11-15/h5-8,10-11,16-19,23H,1,9,12-14H2,2-4H3. The Bertz CT molecular complexity index is 671. The smallest absolute Gasteiger partial charge is 0.317 e. The average Bonchev–Trinajstić information content (AvgIpc) is 2.85. The van der Waals surface area contributed by atoms with Gasteiger partial charge in [-0.2, -0.15) is 0 Å². The fourth-order valence-corrected chi connectivity index (χ4v) is 4.12. The van der Waals surface area contributed by atoms with Crippen molar-refractivity contribution < 1.29 is 24.1 Å². The summed E-state index contributed by atoms with van der Waals surface area (Å²) in [4.78, 5) is 12.7. The fourth-order valence-electron chi connectivity index (χ4n) is 4.12. The van der Waals surface area contributed by atoms with Crippen LogP contribution in [0, 0.1) is 5.41 Å². The number of aliphatic hydroxyl groups excluding tert-OH is 1. The number of hydrogen-bond acceptors (Lipinski definition) is 5. The van der Waals surface area contributed by atoms with E-state index < -0.39 is 35.5 Å². The molecule has 3 rings (SSSR count). The van der Waals surface area contributed by atoms with Crippen molar-refractivity contribution in [3.05, 3.63) is 48.6 Å². The van der Waals surface area contributed by atoms with E-state index in [-0.39, 0.29) is 6.10 Å². The van der Waals surface area contributed by atoms with Gasteiger partial charge in [-0.05, 0) is 39.2 Å². The Kier molecular flexibility index (Phi) is 5.75. The van der Waals surface area contributed by atoms with Crippen LogP contribution in [-0.2, 0) is 25.4 Å². The molecule has 1 aromatic rings. The normalized spacial score (nSPS) is 35.6. The summed E-state index contributed by atoms with van der Waals surface area (Å²) >= 11 is 0. The molecule has 0 radical (unpaired) electrons. The molecule has 5 atom stereocenters. The maximum absolute atomic E-state index is 12.7. The zero-order valence-electron chi connectivity index (χ0n) is 16.4. The van der Waals surface area contributed by atoms with Gasteiger partial charge in [-0.1, -0.05) is 36.4 Å². The molecule has 0 amide bonds. The molecule has 1 N–H and O–H groups in total. The van der Waals surface area contributed by atoms with Crippen LogP contribution in [-0.4, -0.2) is 41.3 Å². The molecule has 0 aliphatic carbocycles. The largest absolute Gasteiger partial charge is 0.459 e. The second kappa shape index (κ2) is 7.74. The summed E-state index contributed by atoms with van der Waals surface area (Å²) in [6, 6.07) is 10.3. The van der Waals surface area contributed by atoms with E-state index >= 15 is 0 Å². The van der Waals surface area contributed by atoms with Gasteiger partial charge < -0.3 is 19.3 Å². The highest BCUT2D eigenvalue weighted by Gasteiger charge is 2.60. The average molecular weight is 374 g/mol. The molecule has 5 heteroatoms. The molecule has 148 valence electrons. The lowest BCUT2D eigenvalue weighted by atomic mass is 9.75. The van der Waals surface area contributed by atoms with Crippen LogP contribution in [0.5, 0.6) is 0 Å². The summed E-state index contributed by atoms with van der Waals surface area (Å²) in [5, 5.41) is 10.8. The summed E-state index contributed by atoms with van der Waals surface area (Å²) in [5.41, 5.74) is 0.138. The first-order valence-electron chi connectivity index (χ1n) is 9.66. The first kappa shape index (κ1) is 20.1. The van der Waals surface area contributed by atoms with Gasteiger partial charge >= 0.3 is 5.97 Å². The monoisotopic (exact) mass is 374 g/mol. The summed E-state index contributed by atoms with van der Waals surface area (Å²) in [6.45, 7) is 9.12. The van der Waals surface area contributed by atoms with Gasteiger partial charge in [0.25, 0.3) is 0 Å². The number of aliphatic hydroxyl groups is 1. The Morgan fingerprint density at radius 1 is 1.22 bits per heavy atom. The van der Waals surface area contributed by atoms with E-state index in [0.29, 0.717) is 12.8 Å². The van der Waals surface area contributed by atoms with Crippen molar-refractivity contribution >= 4 is 5.97 Å². The predicted molar refractivity (Wildman–Crippen MR) is 102 cm³/mol. The number of aryl methyl sites for hydroxylation is 1. The van der Waals surface area contributed by atoms with Gasteiger partial charge in [0, 0.05) is 12.8 Å². The summed E-state index contributed by atoms with van der Waals surface area (Å²) < 4.78 is 17.6. The second-order valence-electron chi connectivity index (χ2n) is 8.20. The van der Waals surface area contributed by atoms with Crippen molar-refractivity contribution in [1.82, 2.24) is 0 Å². The van der Waals surface area contributed by atoms with Gasteiger partial charge in [0.05, 0.1) is 12.2 Å². The maximum Gasteiger partial charge on any atom is 0.317 e. The third-order valence-electron chi connectivity index (χ3n) is 5.68. The quantitative estimate of drug-likeness (QED) is 0.611. The van der Waals surface area contributed by atoms with Crippen LogP contribution in [0.15, 0.2) is 43.0 Å². The van der Waals surface area contributed by atoms with E-state index in [0.717, 1.165) is 12.8 Å². The van der Waals surface area contributed by atoms with Gasteiger partial charge in [0.1, 0.15) is 17.6 Å². The van der Waals surface area contributed by atoms with E-state index in [4.69, 9.17) is 14.2 Å². The Labute approximate surface area is 161 Å². The minimum atomic E-state index is -1.11. The lowest BCUT2D eigenvalue weighted by molar-refractivity contribution is -0.319. The van der Waals surface area contributed by atoms with E-state index in [1.165, 1.54) is 5.56 Å². The number of rotatable bonds is 6. The zero-order valence-corrected chi connectivity index (χ0v) is 16.4. The Morgan fingerprint density at radius 2 is 1.93 bits per heavy atom. The third-order valence-corrected chi connectivity index (χ3v) is 5.68. The van der Waals surface area contributed by atoms with E-state index in [2.05, 4.69) is 18.7 Å². The highest BCUT2D eigenvalue weighted by Crippen LogP contribution is 2.45. The molecule has 0 saturated carbocycles. The Morgan fingerprint density at radius 3 is 2.59 bits per heavy atom. The molecule has 2 saturated heterocycles. The van der Waals surface area contributed by atoms with Crippen molar-refractivity contribution in [1.29, 1.82) is 0 Å². The van der Waals surface area contributed by atoms with Crippen molar-refractivity contribution in [2.24, 2.45) is 5.41 Å². The van der Waals surface area contributed by atoms with Crippen LogP contribution >= 0.6 is 0 Å². The van der Waals surface area contributed by atoms with Crippen LogP contribution < -0.4 is 0 Å². The molecule has 0 spiro atoms. The van der Waals surface area contributed by atoms with Crippen LogP contribution in [0.4, 0.5) is 0 Å². The van der Waals surface area contributed by atoms with Gasteiger partial charge in [0.2, 0.25) is 0 Å². The second-order valence-corrected chi connectivity index (χ2v) is 8.20. The topological polar surface area (TPSA) is 65.0 Å². The predicted octanol–water partition coefficient (Wildman–Crippen LogP) is 3.40. The lowest BCUT2D eigenvalue weighted by Crippen LogP contribution is -2.55. The fraction of sp³-hybridized carbons (Fsp3) is 0.591. The molecule has 1 aromatic carbocycles. The number of carbonyl (C=O) groups is 1. The van der Waals surface area contributed by atoms with Crippen molar-refractivity contribution in [2.45, 2.75) is 76.7 Å². The summed E-state index contributed by atoms with van der Waals surface area (Å²) in [5.74, 6) is -1.24. The molecule has 5 unspecified atom stereocenters.